The van der Waals surface area contributed by atoms with Crippen LogP contribution < -0.4 is 10.4 Å². The molecular formula is C23H15IO4. The van der Waals surface area contributed by atoms with Crippen LogP contribution in [0.4, 0.5) is 0 Å². The van der Waals surface area contributed by atoms with Crippen LogP contribution in [0.5, 0.6) is 5.75 Å². The molecule has 4 aromatic rings. The largest absolute Gasteiger partial charge is 0.422 e. The van der Waals surface area contributed by atoms with E-state index in [2.05, 4.69) is 22.6 Å². The van der Waals surface area contributed by atoms with Crippen LogP contribution >= 0.6 is 22.6 Å². The number of hydrogen-bond donors (Lipinski definition) is 0. The van der Waals surface area contributed by atoms with Crippen molar-refractivity contribution in [2.75, 3.05) is 0 Å². The lowest BCUT2D eigenvalue weighted by Crippen LogP contribution is -2.11. The zero-order valence-electron chi connectivity index (χ0n) is 14.9. The number of carbonyl (C=O) groups is 1. The van der Waals surface area contributed by atoms with Crippen molar-refractivity contribution in [3.8, 4) is 16.9 Å². The van der Waals surface area contributed by atoms with Crippen molar-refractivity contribution in [3.63, 3.8) is 0 Å². The van der Waals surface area contributed by atoms with E-state index < -0.39 is 11.6 Å². The third kappa shape index (κ3) is 3.45. The van der Waals surface area contributed by atoms with E-state index in [1.807, 2.05) is 48.5 Å². The summed E-state index contributed by atoms with van der Waals surface area (Å²) in [6.45, 7) is 1.78. The van der Waals surface area contributed by atoms with E-state index in [-0.39, 0.29) is 0 Å². The molecule has 1 aromatic heterocycles. The number of rotatable bonds is 3. The second-order valence-corrected chi connectivity index (χ2v) is 7.44. The summed E-state index contributed by atoms with van der Waals surface area (Å²) in [7, 11) is 0. The molecule has 0 saturated carbocycles. The van der Waals surface area contributed by atoms with Gasteiger partial charge in [-0.1, -0.05) is 42.5 Å². The fourth-order valence-corrected chi connectivity index (χ4v) is 3.70. The van der Waals surface area contributed by atoms with Gasteiger partial charge in [0, 0.05) is 20.6 Å². The van der Waals surface area contributed by atoms with Gasteiger partial charge in [-0.3, -0.25) is 0 Å². The Hall–Kier alpha value is -2.93. The molecule has 0 spiro atoms. The van der Waals surface area contributed by atoms with E-state index in [9.17, 15) is 9.59 Å². The van der Waals surface area contributed by atoms with Crippen LogP contribution in [0.15, 0.2) is 82.0 Å². The highest BCUT2D eigenvalue weighted by Gasteiger charge is 2.17. The molecule has 5 heteroatoms. The number of esters is 1. The predicted molar refractivity (Wildman–Crippen MR) is 117 cm³/mol. The molecule has 0 unspecified atom stereocenters. The summed E-state index contributed by atoms with van der Waals surface area (Å²) in [4.78, 5) is 24.7. The summed E-state index contributed by atoms with van der Waals surface area (Å²) in [5.74, 6) is -0.0838. The fourth-order valence-electron chi connectivity index (χ4n) is 3.09. The highest BCUT2D eigenvalue weighted by atomic mass is 127. The van der Waals surface area contributed by atoms with Gasteiger partial charge in [0.1, 0.15) is 11.3 Å². The number of halogens is 1. The molecular weight excluding hydrogens is 467 g/mol. The normalized spacial score (nSPS) is 10.8. The standard InChI is InChI=1S/C23H15IO4/c1-14-20(27-23(26)17-9-5-6-10-19(17)24)12-11-16-18(13-21(25)28-22(14)16)15-7-3-2-4-8-15/h2-13H,1H3. The lowest BCUT2D eigenvalue weighted by atomic mass is 10.0. The van der Waals surface area contributed by atoms with Gasteiger partial charge in [-0.25, -0.2) is 9.59 Å². The van der Waals surface area contributed by atoms with Gasteiger partial charge in [-0.05, 0) is 64.9 Å². The maximum absolute atomic E-state index is 12.6. The second kappa shape index (κ2) is 7.59. The number of carbonyl (C=O) groups excluding carboxylic acids is 1. The first-order valence-corrected chi connectivity index (χ1v) is 9.72. The van der Waals surface area contributed by atoms with E-state index in [4.69, 9.17) is 9.15 Å². The van der Waals surface area contributed by atoms with E-state index >= 15 is 0 Å². The predicted octanol–water partition coefficient (Wildman–Crippen LogP) is 5.59. The zero-order chi connectivity index (χ0) is 19.7. The van der Waals surface area contributed by atoms with Gasteiger partial charge in [0.05, 0.1) is 5.56 Å². The lowest BCUT2D eigenvalue weighted by molar-refractivity contribution is 0.0732. The van der Waals surface area contributed by atoms with Gasteiger partial charge in [0.2, 0.25) is 0 Å². The van der Waals surface area contributed by atoms with Gasteiger partial charge in [0.25, 0.3) is 0 Å². The Morgan fingerprint density at radius 2 is 1.68 bits per heavy atom. The van der Waals surface area contributed by atoms with Crippen molar-refractivity contribution >= 4 is 39.5 Å². The Morgan fingerprint density at radius 1 is 0.964 bits per heavy atom. The number of ether oxygens (including phenoxy) is 1. The molecule has 0 N–H and O–H groups in total. The van der Waals surface area contributed by atoms with Crippen LogP contribution in [-0.4, -0.2) is 5.97 Å². The molecule has 0 bridgehead atoms. The minimum atomic E-state index is -0.450. The average molecular weight is 482 g/mol. The molecule has 4 rings (SSSR count). The third-order valence-corrected chi connectivity index (χ3v) is 5.43. The smallest absolute Gasteiger partial charge is 0.344 e. The van der Waals surface area contributed by atoms with Crippen LogP contribution in [0.1, 0.15) is 15.9 Å². The molecule has 0 fully saturated rings. The first-order valence-electron chi connectivity index (χ1n) is 8.64. The van der Waals surface area contributed by atoms with Crippen LogP contribution in [0.2, 0.25) is 0 Å². The summed E-state index contributed by atoms with van der Waals surface area (Å²) < 4.78 is 11.9. The zero-order valence-corrected chi connectivity index (χ0v) is 17.1. The molecule has 28 heavy (non-hydrogen) atoms. The molecule has 0 aliphatic carbocycles. The van der Waals surface area contributed by atoms with Crippen molar-refractivity contribution in [3.05, 3.63) is 97.9 Å². The van der Waals surface area contributed by atoms with Gasteiger partial charge >= 0.3 is 11.6 Å². The Kier molecular flexibility index (Phi) is 5.00. The van der Waals surface area contributed by atoms with E-state index in [0.29, 0.717) is 22.5 Å². The molecule has 0 saturated heterocycles. The average Bonchev–Trinajstić information content (AvgIpc) is 2.71. The summed E-state index contributed by atoms with van der Waals surface area (Å²) in [5, 5.41) is 0.789. The van der Waals surface area contributed by atoms with Crippen LogP contribution in [0.3, 0.4) is 0 Å². The van der Waals surface area contributed by atoms with Crippen LogP contribution in [0.25, 0.3) is 22.1 Å². The molecule has 0 aliphatic heterocycles. The first kappa shape index (κ1) is 18.4. The maximum Gasteiger partial charge on any atom is 0.344 e. The molecule has 138 valence electrons. The van der Waals surface area contributed by atoms with Gasteiger partial charge in [0.15, 0.2) is 0 Å². The Morgan fingerprint density at radius 3 is 2.43 bits per heavy atom. The molecule has 0 atom stereocenters. The maximum atomic E-state index is 12.6. The summed E-state index contributed by atoms with van der Waals surface area (Å²) in [5.41, 5.74) is 2.76. The Bertz CT molecular complexity index is 1240. The summed E-state index contributed by atoms with van der Waals surface area (Å²) in [6.07, 6.45) is 0. The molecule has 4 nitrogen and oxygen atoms in total. The minimum Gasteiger partial charge on any atom is -0.422 e. The topological polar surface area (TPSA) is 56.5 Å². The lowest BCUT2D eigenvalue weighted by Gasteiger charge is -2.12. The monoisotopic (exact) mass is 482 g/mol. The Labute approximate surface area is 174 Å². The SMILES string of the molecule is Cc1c(OC(=O)c2ccccc2I)ccc2c(-c3ccccc3)cc(=O)oc12. The summed E-state index contributed by atoms with van der Waals surface area (Å²) >= 11 is 2.10. The quantitative estimate of drug-likeness (QED) is 0.165. The van der Waals surface area contributed by atoms with Crippen LogP contribution in [0, 0.1) is 10.5 Å². The molecule has 0 radical (unpaired) electrons. The van der Waals surface area contributed by atoms with E-state index in [1.165, 1.54) is 6.07 Å². The van der Waals surface area contributed by atoms with Gasteiger partial charge in [-0.15, -0.1) is 0 Å². The van der Waals surface area contributed by atoms with Gasteiger partial charge < -0.3 is 9.15 Å². The Balaban J connectivity index is 1.81. The fraction of sp³-hybridized carbons (Fsp3) is 0.0435. The van der Waals surface area contributed by atoms with Crippen molar-refractivity contribution in [1.29, 1.82) is 0 Å². The number of aryl methyl sites for hydroxylation is 1. The number of fused-ring (bicyclic) bond motifs is 1. The van der Waals surface area contributed by atoms with Crippen LogP contribution in [-0.2, 0) is 0 Å². The van der Waals surface area contributed by atoms with E-state index in [1.54, 1.807) is 25.1 Å². The first-order chi connectivity index (χ1) is 13.5. The number of hydrogen-bond acceptors (Lipinski definition) is 4. The molecule has 0 amide bonds. The van der Waals surface area contributed by atoms with Gasteiger partial charge in [-0.2, -0.15) is 0 Å². The number of benzene rings is 3. The molecule has 1 heterocycles. The summed E-state index contributed by atoms with van der Waals surface area (Å²) in [6, 6.07) is 21.9. The van der Waals surface area contributed by atoms with Crippen molar-refractivity contribution < 1.29 is 13.9 Å². The molecule has 0 aliphatic rings. The molecule has 3 aromatic carbocycles. The van der Waals surface area contributed by atoms with Crippen molar-refractivity contribution in [1.82, 2.24) is 0 Å². The highest BCUT2D eigenvalue weighted by molar-refractivity contribution is 14.1. The highest BCUT2D eigenvalue weighted by Crippen LogP contribution is 2.33. The minimum absolute atomic E-state index is 0.366. The van der Waals surface area contributed by atoms with Crippen molar-refractivity contribution in [2.24, 2.45) is 0 Å². The third-order valence-electron chi connectivity index (χ3n) is 4.49. The second-order valence-electron chi connectivity index (χ2n) is 6.28. The van der Waals surface area contributed by atoms with E-state index in [0.717, 1.165) is 20.1 Å². The van der Waals surface area contributed by atoms with Crippen molar-refractivity contribution in [2.45, 2.75) is 6.92 Å².